The lowest BCUT2D eigenvalue weighted by atomic mass is 10.2. The Morgan fingerprint density at radius 3 is 2.50 bits per heavy atom. The first kappa shape index (κ1) is 19.9. The molecule has 1 aliphatic rings. The summed E-state index contributed by atoms with van der Waals surface area (Å²) in [5.41, 5.74) is 1.50. The molecule has 1 aliphatic heterocycles. The van der Waals surface area contributed by atoms with Crippen molar-refractivity contribution in [1.29, 1.82) is 0 Å². The molecule has 1 fully saturated rings. The molecule has 0 aromatic heterocycles. The van der Waals surface area contributed by atoms with Crippen LogP contribution in [0.3, 0.4) is 0 Å². The predicted octanol–water partition coefficient (Wildman–Crippen LogP) is 2.78. The van der Waals surface area contributed by atoms with E-state index >= 15 is 0 Å². The second kappa shape index (κ2) is 8.93. The van der Waals surface area contributed by atoms with E-state index in [0.717, 1.165) is 11.3 Å². The first-order chi connectivity index (χ1) is 13.5. The minimum absolute atomic E-state index is 0.122. The highest BCUT2D eigenvalue weighted by molar-refractivity contribution is 7.93. The van der Waals surface area contributed by atoms with E-state index in [-0.39, 0.29) is 11.7 Å². The molecule has 3 rings (SSSR count). The zero-order valence-electron chi connectivity index (χ0n) is 15.8. The van der Waals surface area contributed by atoms with Gasteiger partial charge in [0.1, 0.15) is 12.4 Å². The summed E-state index contributed by atoms with van der Waals surface area (Å²) in [5.74, 6) is 0.852. The molecule has 0 spiro atoms. The van der Waals surface area contributed by atoms with Gasteiger partial charge in [0.15, 0.2) is 0 Å². The third-order valence-electron chi connectivity index (χ3n) is 4.51. The van der Waals surface area contributed by atoms with Gasteiger partial charge in [-0.1, -0.05) is 30.3 Å². The number of rotatable bonds is 7. The van der Waals surface area contributed by atoms with Crippen LogP contribution in [0.4, 0.5) is 5.69 Å². The van der Waals surface area contributed by atoms with Crippen molar-refractivity contribution in [3.05, 3.63) is 66.2 Å². The Kier molecular flexibility index (Phi) is 6.36. The topological polar surface area (TPSA) is 66.9 Å². The number of amides is 1. The Morgan fingerprint density at radius 2 is 1.86 bits per heavy atom. The number of carbonyl (C=O) groups is 1. The van der Waals surface area contributed by atoms with Crippen LogP contribution in [0.25, 0.3) is 6.08 Å². The smallest absolute Gasteiger partial charge is 0.246 e. The monoisotopic (exact) mass is 400 g/mol. The summed E-state index contributed by atoms with van der Waals surface area (Å²) in [6, 6.07) is 16.6. The van der Waals surface area contributed by atoms with E-state index in [0.29, 0.717) is 31.8 Å². The van der Waals surface area contributed by atoms with Gasteiger partial charge in [0.2, 0.25) is 15.9 Å². The molecule has 0 unspecified atom stereocenters. The van der Waals surface area contributed by atoms with Crippen molar-refractivity contribution in [2.45, 2.75) is 6.42 Å². The van der Waals surface area contributed by atoms with Crippen molar-refractivity contribution < 1.29 is 17.9 Å². The van der Waals surface area contributed by atoms with Gasteiger partial charge in [-0.15, -0.1) is 0 Å². The van der Waals surface area contributed by atoms with Crippen LogP contribution in [-0.4, -0.2) is 51.7 Å². The largest absolute Gasteiger partial charge is 0.492 e. The van der Waals surface area contributed by atoms with Gasteiger partial charge in [0.05, 0.1) is 18.0 Å². The molecule has 0 bridgehead atoms. The van der Waals surface area contributed by atoms with E-state index in [1.807, 2.05) is 42.5 Å². The van der Waals surface area contributed by atoms with Gasteiger partial charge in [-0.2, -0.15) is 0 Å². The van der Waals surface area contributed by atoms with Crippen LogP contribution in [0.5, 0.6) is 5.75 Å². The summed E-state index contributed by atoms with van der Waals surface area (Å²) in [7, 11) is -1.45. The maximum Gasteiger partial charge on any atom is 0.246 e. The highest BCUT2D eigenvalue weighted by Gasteiger charge is 2.28. The quantitative estimate of drug-likeness (QED) is 0.671. The molecule has 7 heteroatoms. The lowest BCUT2D eigenvalue weighted by Crippen LogP contribution is -2.29. The van der Waals surface area contributed by atoms with Crippen molar-refractivity contribution in [3.63, 3.8) is 0 Å². The maximum absolute atomic E-state index is 12.2. The first-order valence-electron chi connectivity index (χ1n) is 9.17. The highest BCUT2D eigenvalue weighted by Crippen LogP contribution is 2.24. The van der Waals surface area contributed by atoms with Crippen LogP contribution in [0.2, 0.25) is 0 Å². The fraction of sp³-hybridized carbons (Fsp3) is 0.286. The summed E-state index contributed by atoms with van der Waals surface area (Å²) in [5, 5.41) is 0. The SMILES string of the molecule is CN(CCOc1ccccc1)C(=O)/C=C/c1ccc(N2CCCS2(=O)=O)cc1. The van der Waals surface area contributed by atoms with E-state index < -0.39 is 10.0 Å². The number of hydrogen-bond acceptors (Lipinski definition) is 4. The molecule has 2 aromatic carbocycles. The summed E-state index contributed by atoms with van der Waals surface area (Å²) in [6.45, 7) is 1.41. The second-order valence-electron chi connectivity index (χ2n) is 6.59. The maximum atomic E-state index is 12.2. The van der Waals surface area contributed by atoms with Crippen LogP contribution < -0.4 is 9.04 Å². The molecule has 0 saturated carbocycles. The molecule has 148 valence electrons. The lowest BCUT2D eigenvalue weighted by Gasteiger charge is -2.17. The van der Waals surface area contributed by atoms with Gasteiger partial charge in [-0.25, -0.2) is 8.42 Å². The molecule has 0 radical (unpaired) electrons. The summed E-state index contributed by atoms with van der Waals surface area (Å²) in [4.78, 5) is 13.8. The standard InChI is InChI=1S/C21H24N2O4S/c1-22(15-16-27-20-6-3-2-4-7-20)21(24)13-10-18-8-11-19(12-9-18)23-14-5-17-28(23,25)26/h2-4,6-13H,5,14-17H2,1H3/b13-10+. The second-order valence-corrected chi connectivity index (χ2v) is 8.60. The van der Waals surface area contributed by atoms with Crippen molar-refractivity contribution in [1.82, 2.24) is 4.90 Å². The van der Waals surface area contributed by atoms with Crippen molar-refractivity contribution in [2.24, 2.45) is 0 Å². The fourth-order valence-electron chi connectivity index (χ4n) is 2.90. The number of para-hydroxylation sites is 1. The number of benzene rings is 2. The van der Waals surface area contributed by atoms with Crippen LogP contribution in [-0.2, 0) is 14.8 Å². The van der Waals surface area contributed by atoms with E-state index in [1.165, 1.54) is 10.4 Å². The zero-order valence-corrected chi connectivity index (χ0v) is 16.6. The number of sulfonamides is 1. The number of nitrogens with zero attached hydrogens (tertiary/aromatic N) is 2. The normalized spacial score (nSPS) is 15.7. The van der Waals surface area contributed by atoms with Crippen molar-refractivity contribution >= 4 is 27.7 Å². The minimum Gasteiger partial charge on any atom is -0.492 e. The van der Waals surface area contributed by atoms with Gasteiger partial charge in [0, 0.05) is 19.7 Å². The molecule has 28 heavy (non-hydrogen) atoms. The number of hydrogen-bond donors (Lipinski definition) is 0. The van der Waals surface area contributed by atoms with Gasteiger partial charge in [-0.05, 0) is 42.3 Å². The highest BCUT2D eigenvalue weighted by atomic mass is 32.2. The van der Waals surface area contributed by atoms with Crippen LogP contribution in [0.15, 0.2) is 60.7 Å². The Morgan fingerprint density at radius 1 is 1.14 bits per heavy atom. The van der Waals surface area contributed by atoms with Gasteiger partial charge in [0.25, 0.3) is 0 Å². The Bertz CT molecular complexity index is 925. The van der Waals surface area contributed by atoms with E-state index in [4.69, 9.17) is 4.74 Å². The number of carbonyl (C=O) groups excluding carboxylic acids is 1. The van der Waals surface area contributed by atoms with E-state index in [2.05, 4.69) is 0 Å². The van der Waals surface area contributed by atoms with Gasteiger partial charge in [-0.3, -0.25) is 9.10 Å². The summed E-state index contributed by atoms with van der Waals surface area (Å²) >= 11 is 0. The lowest BCUT2D eigenvalue weighted by molar-refractivity contribution is -0.125. The third-order valence-corrected chi connectivity index (χ3v) is 6.38. The number of anilines is 1. The summed E-state index contributed by atoms with van der Waals surface area (Å²) in [6.07, 6.45) is 3.88. The predicted molar refractivity (Wildman–Crippen MR) is 111 cm³/mol. The fourth-order valence-corrected chi connectivity index (χ4v) is 4.47. The Labute approximate surface area is 166 Å². The molecule has 2 aromatic rings. The van der Waals surface area contributed by atoms with Crippen molar-refractivity contribution in [2.75, 3.05) is 36.8 Å². The average molecular weight is 401 g/mol. The van der Waals surface area contributed by atoms with Crippen LogP contribution in [0, 0.1) is 0 Å². The molecule has 1 amide bonds. The van der Waals surface area contributed by atoms with E-state index in [9.17, 15) is 13.2 Å². The third kappa shape index (κ3) is 5.13. The molecule has 6 nitrogen and oxygen atoms in total. The molecule has 1 heterocycles. The van der Waals surface area contributed by atoms with Crippen LogP contribution in [0.1, 0.15) is 12.0 Å². The minimum atomic E-state index is -3.18. The zero-order chi connectivity index (χ0) is 20.0. The Balaban J connectivity index is 1.50. The van der Waals surface area contributed by atoms with Crippen molar-refractivity contribution in [3.8, 4) is 5.75 Å². The van der Waals surface area contributed by atoms with Crippen LogP contribution >= 0.6 is 0 Å². The molecular weight excluding hydrogens is 376 g/mol. The first-order valence-corrected chi connectivity index (χ1v) is 10.8. The number of likely N-dealkylation sites (N-methyl/N-ethyl adjacent to an activating group) is 1. The van der Waals surface area contributed by atoms with Gasteiger partial charge >= 0.3 is 0 Å². The molecule has 0 atom stereocenters. The number of ether oxygens (including phenoxy) is 1. The molecular formula is C21H24N2O4S. The summed E-state index contributed by atoms with van der Waals surface area (Å²) < 4.78 is 31.0. The average Bonchev–Trinajstić information content (AvgIpc) is 3.06. The van der Waals surface area contributed by atoms with E-state index in [1.54, 1.807) is 30.2 Å². The molecule has 1 saturated heterocycles. The van der Waals surface area contributed by atoms with Gasteiger partial charge < -0.3 is 9.64 Å². The molecule has 0 N–H and O–H groups in total. The molecule has 0 aliphatic carbocycles. The Hall–Kier alpha value is -2.80.